The summed E-state index contributed by atoms with van der Waals surface area (Å²) in [4.78, 5) is 0. The minimum atomic E-state index is -1.78. The predicted molar refractivity (Wildman–Crippen MR) is 53.7 cm³/mol. The van der Waals surface area contributed by atoms with Crippen LogP contribution in [0.3, 0.4) is 0 Å². The first-order chi connectivity index (χ1) is 6.24. The van der Waals surface area contributed by atoms with Gasteiger partial charge in [-0.25, -0.2) is 4.21 Å². The van der Waals surface area contributed by atoms with Gasteiger partial charge in [-0.15, -0.1) is 0 Å². The van der Waals surface area contributed by atoms with Gasteiger partial charge in [-0.3, -0.25) is 4.55 Å². The van der Waals surface area contributed by atoms with Gasteiger partial charge >= 0.3 is 0 Å². The summed E-state index contributed by atoms with van der Waals surface area (Å²) in [5, 5.41) is 3.35. The van der Waals surface area contributed by atoms with Gasteiger partial charge in [0.2, 0.25) is 11.3 Å². The highest BCUT2D eigenvalue weighted by Crippen LogP contribution is 2.07. The summed E-state index contributed by atoms with van der Waals surface area (Å²) in [5.41, 5.74) is 0. The molecule has 0 spiro atoms. The van der Waals surface area contributed by atoms with Crippen LogP contribution in [0.5, 0.6) is 0 Å². The van der Waals surface area contributed by atoms with Crippen molar-refractivity contribution in [2.45, 2.75) is 32.2 Å². The van der Waals surface area contributed by atoms with Crippen LogP contribution < -0.4 is 5.32 Å². The lowest BCUT2D eigenvalue weighted by molar-refractivity contribution is 0.281. The van der Waals surface area contributed by atoms with Crippen LogP contribution in [-0.2, 0) is 11.3 Å². The van der Waals surface area contributed by atoms with Gasteiger partial charge in [0.15, 0.2) is 0 Å². The van der Waals surface area contributed by atoms with E-state index in [4.69, 9.17) is 4.55 Å². The molecule has 2 N–H and O–H groups in total. The van der Waals surface area contributed by atoms with Crippen molar-refractivity contribution in [3.05, 3.63) is 0 Å². The molecule has 4 nitrogen and oxygen atoms in total. The molecule has 0 saturated carbocycles. The number of nitrogens with zero attached hydrogens (tertiary/aromatic N) is 1. The van der Waals surface area contributed by atoms with E-state index >= 15 is 0 Å². The quantitative estimate of drug-likeness (QED) is 0.662. The Balaban J connectivity index is 2.29. The van der Waals surface area contributed by atoms with Gasteiger partial charge in [0.1, 0.15) is 0 Å². The maximum atomic E-state index is 10.8. The molecule has 2 atom stereocenters. The van der Waals surface area contributed by atoms with E-state index in [0.717, 1.165) is 13.0 Å². The SMILES string of the molecule is CCCCC1CN(S(=O)O)CCN1. The highest BCUT2D eigenvalue weighted by molar-refractivity contribution is 7.76. The van der Waals surface area contributed by atoms with Crippen LogP contribution in [0.4, 0.5) is 0 Å². The van der Waals surface area contributed by atoms with Crippen LogP contribution in [0.15, 0.2) is 0 Å². The highest BCUT2D eigenvalue weighted by atomic mass is 32.2. The van der Waals surface area contributed by atoms with Crippen molar-refractivity contribution in [3.8, 4) is 0 Å². The van der Waals surface area contributed by atoms with E-state index in [1.165, 1.54) is 12.8 Å². The minimum Gasteiger partial charge on any atom is -0.311 e. The van der Waals surface area contributed by atoms with E-state index in [-0.39, 0.29) is 0 Å². The van der Waals surface area contributed by atoms with E-state index < -0.39 is 11.3 Å². The van der Waals surface area contributed by atoms with Crippen molar-refractivity contribution in [2.75, 3.05) is 19.6 Å². The van der Waals surface area contributed by atoms with Gasteiger partial charge < -0.3 is 5.32 Å². The molecular weight excluding hydrogens is 188 g/mol. The fraction of sp³-hybridized carbons (Fsp3) is 1.00. The van der Waals surface area contributed by atoms with Crippen LogP contribution in [0.1, 0.15) is 26.2 Å². The monoisotopic (exact) mass is 206 g/mol. The van der Waals surface area contributed by atoms with Crippen molar-refractivity contribution in [1.82, 2.24) is 9.62 Å². The zero-order valence-corrected chi connectivity index (χ0v) is 8.85. The first-order valence-corrected chi connectivity index (χ1v) is 5.89. The summed E-state index contributed by atoms with van der Waals surface area (Å²) >= 11 is -1.78. The normalized spacial score (nSPS) is 27.4. The maximum absolute atomic E-state index is 10.8. The van der Waals surface area contributed by atoms with Crippen LogP contribution in [0, 0.1) is 0 Å². The summed E-state index contributed by atoms with van der Waals surface area (Å²) < 4.78 is 21.3. The lowest BCUT2D eigenvalue weighted by atomic mass is 10.1. The fourth-order valence-electron chi connectivity index (χ4n) is 1.58. The number of hydrogen-bond acceptors (Lipinski definition) is 2. The Hall–Kier alpha value is 0.0300. The van der Waals surface area contributed by atoms with Gasteiger partial charge in [-0.2, -0.15) is 4.31 Å². The standard InChI is InChI=1S/C8H18N2O2S/c1-2-3-4-8-7-10(13(11)12)6-5-9-8/h8-9H,2-7H2,1H3,(H,11,12). The van der Waals surface area contributed by atoms with Crippen LogP contribution in [0.2, 0.25) is 0 Å². The lowest BCUT2D eigenvalue weighted by Gasteiger charge is -2.30. The van der Waals surface area contributed by atoms with Crippen molar-refractivity contribution in [2.24, 2.45) is 0 Å². The summed E-state index contributed by atoms with van der Waals surface area (Å²) in [6, 6.07) is 0.393. The molecular formula is C8H18N2O2S. The van der Waals surface area contributed by atoms with Crippen molar-refractivity contribution < 1.29 is 8.76 Å². The molecule has 0 radical (unpaired) electrons. The Kier molecular flexibility index (Phi) is 4.87. The molecule has 1 aliphatic heterocycles. The summed E-state index contributed by atoms with van der Waals surface area (Å²) in [5.74, 6) is 0. The number of nitrogens with one attached hydrogen (secondary N) is 1. The maximum Gasteiger partial charge on any atom is 0.234 e. The van der Waals surface area contributed by atoms with Gasteiger partial charge in [0, 0.05) is 25.7 Å². The van der Waals surface area contributed by atoms with Crippen molar-refractivity contribution >= 4 is 11.3 Å². The predicted octanol–water partition coefficient (Wildman–Crippen LogP) is 0.587. The number of unbranched alkanes of at least 4 members (excludes halogenated alkanes) is 1. The largest absolute Gasteiger partial charge is 0.311 e. The molecule has 1 aliphatic rings. The Labute approximate surface area is 82.1 Å². The molecule has 13 heavy (non-hydrogen) atoms. The molecule has 0 bridgehead atoms. The Morgan fingerprint density at radius 2 is 2.46 bits per heavy atom. The van der Waals surface area contributed by atoms with Gasteiger partial charge in [0.05, 0.1) is 0 Å². The fourth-order valence-corrected chi connectivity index (χ4v) is 2.14. The second-order valence-electron chi connectivity index (χ2n) is 3.41. The zero-order valence-electron chi connectivity index (χ0n) is 8.03. The van der Waals surface area contributed by atoms with E-state index in [2.05, 4.69) is 12.2 Å². The number of rotatable bonds is 4. The Morgan fingerprint density at radius 3 is 3.08 bits per heavy atom. The second kappa shape index (κ2) is 5.70. The molecule has 1 fully saturated rings. The topological polar surface area (TPSA) is 52.6 Å². The number of hydrogen-bond donors (Lipinski definition) is 2. The Bertz CT molecular complexity index is 178. The summed E-state index contributed by atoms with van der Waals surface area (Å²) in [6.07, 6.45) is 3.47. The van der Waals surface area contributed by atoms with Crippen LogP contribution in [0.25, 0.3) is 0 Å². The first kappa shape index (κ1) is 11.1. The number of piperazine rings is 1. The molecule has 5 heteroatoms. The second-order valence-corrected chi connectivity index (χ2v) is 4.39. The van der Waals surface area contributed by atoms with Crippen molar-refractivity contribution in [1.29, 1.82) is 0 Å². The van der Waals surface area contributed by atoms with Crippen LogP contribution >= 0.6 is 0 Å². The van der Waals surface area contributed by atoms with Gasteiger partial charge in [-0.05, 0) is 6.42 Å². The molecule has 0 aliphatic carbocycles. The van der Waals surface area contributed by atoms with Gasteiger partial charge in [-0.1, -0.05) is 19.8 Å². The van der Waals surface area contributed by atoms with E-state index in [0.29, 0.717) is 19.1 Å². The highest BCUT2D eigenvalue weighted by Gasteiger charge is 2.21. The Morgan fingerprint density at radius 1 is 1.69 bits per heavy atom. The van der Waals surface area contributed by atoms with E-state index in [9.17, 15) is 4.21 Å². The van der Waals surface area contributed by atoms with Gasteiger partial charge in [0.25, 0.3) is 0 Å². The molecule has 0 aromatic rings. The average molecular weight is 206 g/mol. The smallest absolute Gasteiger partial charge is 0.234 e. The molecule has 0 amide bonds. The van der Waals surface area contributed by atoms with Crippen LogP contribution in [-0.4, -0.2) is 38.7 Å². The third kappa shape index (κ3) is 3.72. The first-order valence-electron chi connectivity index (χ1n) is 4.83. The molecule has 0 aromatic carbocycles. The molecule has 2 unspecified atom stereocenters. The molecule has 1 heterocycles. The molecule has 1 saturated heterocycles. The third-order valence-electron chi connectivity index (χ3n) is 2.35. The van der Waals surface area contributed by atoms with Crippen molar-refractivity contribution in [3.63, 3.8) is 0 Å². The third-order valence-corrected chi connectivity index (χ3v) is 3.12. The van der Waals surface area contributed by atoms with E-state index in [1.54, 1.807) is 4.31 Å². The zero-order chi connectivity index (χ0) is 9.68. The summed E-state index contributed by atoms with van der Waals surface area (Å²) in [7, 11) is 0. The molecule has 0 aromatic heterocycles. The average Bonchev–Trinajstić information content (AvgIpc) is 2.15. The summed E-state index contributed by atoms with van der Waals surface area (Å²) in [6.45, 7) is 4.35. The minimum absolute atomic E-state index is 0.393. The molecule has 78 valence electrons. The van der Waals surface area contributed by atoms with E-state index in [1.807, 2.05) is 0 Å². The lowest BCUT2D eigenvalue weighted by Crippen LogP contribution is -2.50. The molecule has 1 rings (SSSR count).